The van der Waals surface area contributed by atoms with Crippen molar-refractivity contribution in [3.8, 4) is 6.07 Å². The fourth-order valence-electron chi connectivity index (χ4n) is 2.48. The Hall–Kier alpha value is -2.09. The normalized spacial score (nSPS) is 22.5. The summed E-state index contributed by atoms with van der Waals surface area (Å²) in [5.74, 6) is -0.695. The number of carbonyl (C=O) groups excluding carboxylic acids is 1. The van der Waals surface area contributed by atoms with Crippen LogP contribution in [-0.4, -0.2) is 11.9 Å². The summed E-state index contributed by atoms with van der Waals surface area (Å²) in [5.41, 5.74) is 6.23. The Morgan fingerprint density at radius 3 is 2.63 bits per heavy atom. The van der Waals surface area contributed by atoms with Gasteiger partial charge in [-0.3, -0.25) is 4.79 Å². The zero-order valence-corrected chi connectivity index (χ0v) is 10.5. The summed E-state index contributed by atoms with van der Waals surface area (Å²) < 4.78 is 13.0. The van der Waals surface area contributed by atoms with Crippen molar-refractivity contribution in [2.75, 3.05) is 5.32 Å². The molecule has 0 bridgehead atoms. The summed E-state index contributed by atoms with van der Waals surface area (Å²) in [6.07, 6.45) is 3.18. The van der Waals surface area contributed by atoms with Gasteiger partial charge >= 0.3 is 0 Å². The van der Waals surface area contributed by atoms with Crippen LogP contribution in [0.1, 0.15) is 31.2 Å². The van der Waals surface area contributed by atoms with Crippen molar-refractivity contribution < 1.29 is 9.18 Å². The van der Waals surface area contributed by atoms with Crippen LogP contribution < -0.4 is 11.1 Å². The Kier molecular flexibility index (Phi) is 4.00. The number of carbonyl (C=O) groups is 1. The minimum absolute atomic E-state index is 0.0401. The summed E-state index contributed by atoms with van der Waals surface area (Å²) in [5, 5.41) is 12.2. The predicted molar refractivity (Wildman–Crippen MR) is 69.7 cm³/mol. The molecule has 0 atom stereocenters. The van der Waals surface area contributed by atoms with E-state index in [1.807, 2.05) is 6.07 Å². The van der Waals surface area contributed by atoms with Crippen LogP contribution >= 0.6 is 0 Å². The van der Waals surface area contributed by atoms with Gasteiger partial charge in [0.25, 0.3) is 0 Å². The molecule has 0 unspecified atom stereocenters. The van der Waals surface area contributed by atoms with E-state index in [4.69, 9.17) is 11.0 Å². The lowest BCUT2D eigenvalue weighted by Gasteiger charge is -2.28. The maximum absolute atomic E-state index is 13.0. The van der Waals surface area contributed by atoms with Crippen LogP contribution in [-0.2, 0) is 4.79 Å². The molecule has 0 aliphatic heterocycles. The summed E-state index contributed by atoms with van der Waals surface area (Å²) in [6, 6.07) is 6.31. The highest BCUT2D eigenvalue weighted by Crippen LogP contribution is 2.27. The van der Waals surface area contributed by atoms with Crippen LogP contribution in [0.15, 0.2) is 18.2 Å². The molecule has 1 aromatic carbocycles. The number of benzene rings is 1. The number of rotatable bonds is 3. The van der Waals surface area contributed by atoms with Gasteiger partial charge in [-0.05, 0) is 43.9 Å². The lowest BCUT2D eigenvalue weighted by Crippen LogP contribution is -2.32. The van der Waals surface area contributed by atoms with E-state index in [2.05, 4.69) is 5.32 Å². The first-order valence-corrected chi connectivity index (χ1v) is 6.35. The average molecular weight is 261 g/mol. The number of nitriles is 1. The van der Waals surface area contributed by atoms with Crippen molar-refractivity contribution in [3.63, 3.8) is 0 Å². The van der Waals surface area contributed by atoms with Crippen molar-refractivity contribution >= 4 is 11.6 Å². The smallest absolute Gasteiger partial charge is 0.220 e. The van der Waals surface area contributed by atoms with E-state index in [0.717, 1.165) is 25.7 Å². The Balaban J connectivity index is 2.00. The second kappa shape index (κ2) is 5.70. The molecule has 0 spiro atoms. The first-order valence-electron chi connectivity index (χ1n) is 6.35. The maximum Gasteiger partial charge on any atom is 0.220 e. The van der Waals surface area contributed by atoms with Crippen LogP contribution in [0.5, 0.6) is 0 Å². The number of hydrogen-bond donors (Lipinski definition) is 2. The van der Waals surface area contributed by atoms with Gasteiger partial charge in [-0.2, -0.15) is 5.26 Å². The molecule has 0 heterocycles. The van der Waals surface area contributed by atoms with E-state index in [-0.39, 0.29) is 17.9 Å². The lowest BCUT2D eigenvalue weighted by atomic mass is 9.85. The summed E-state index contributed by atoms with van der Waals surface area (Å²) in [6.45, 7) is 0. The molecule has 0 saturated heterocycles. The highest BCUT2D eigenvalue weighted by atomic mass is 19.1. The van der Waals surface area contributed by atoms with Crippen LogP contribution in [0.3, 0.4) is 0 Å². The van der Waals surface area contributed by atoms with Gasteiger partial charge in [-0.15, -0.1) is 0 Å². The van der Waals surface area contributed by atoms with E-state index < -0.39 is 5.82 Å². The minimum atomic E-state index is -0.417. The van der Waals surface area contributed by atoms with Gasteiger partial charge in [0.1, 0.15) is 11.9 Å². The van der Waals surface area contributed by atoms with Gasteiger partial charge in [0.15, 0.2) is 0 Å². The van der Waals surface area contributed by atoms with E-state index >= 15 is 0 Å². The Labute approximate surface area is 111 Å². The minimum Gasteiger partial charge on any atom is -0.381 e. The van der Waals surface area contributed by atoms with Crippen molar-refractivity contribution in [2.45, 2.75) is 31.7 Å². The summed E-state index contributed by atoms with van der Waals surface area (Å²) in [4.78, 5) is 11.1. The van der Waals surface area contributed by atoms with Crippen molar-refractivity contribution in [1.29, 1.82) is 5.26 Å². The van der Waals surface area contributed by atoms with Crippen molar-refractivity contribution in [2.24, 2.45) is 11.7 Å². The number of primary amides is 1. The zero-order chi connectivity index (χ0) is 13.8. The SMILES string of the molecule is N#Cc1cc(F)ccc1NC1CCC(C(N)=O)CC1. The number of nitrogens with two attached hydrogens (primary N) is 1. The molecule has 4 nitrogen and oxygen atoms in total. The zero-order valence-electron chi connectivity index (χ0n) is 10.5. The van der Waals surface area contributed by atoms with E-state index in [1.54, 1.807) is 6.07 Å². The molecule has 0 radical (unpaired) electrons. The highest BCUT2D eigenvalue weighted by Gasteiger charge is 2.24. The van der Waals surface area contributed by atoms with Gasteiger partial charge < -0.3 is 11.1 Å². The lowest BCUT2D eigenvalue weighted by molar-refractivity contribution is -0.122. The second-order valence-corrected chi connectivity index (χ2v) is 4.90. The largest absolute Gasteiger partial charge is 0.381 e. The fraction of sp³-hybridized carbons (Fsp3) is 0.429. The monoisotopic (exact) mass is 261 g/mol. The molecule has 1 aliphatic rings. The van der Waals surface area contributed by atoms with Crippen LogP contribution in [0.4, 0.5) is 10.1 Å². The molecule has 100 valence electrons. The molecular weight excluding hydrogens is 245 g/mol. The topological polar surface area (TPSA) is 78.9 Å². The van der Waals surface area contributed by atoms with Crippen LogP contribution in [0.25, 0.3) is 0 Å². The number of hydrogen-bond acceptors (Lipinski definition) is 3. The number of halogens is 1. The first kappa shape index (κ1) is 13.3. The molecule has 1 amide bonds. The molecule has 1 saturated carbocycles. The molecule has 2 rings (SSSR count). The van der Waals surface area contributed by atoms with Crippen molar-refractivity contribution in [1.82, 2.24) is 0 Å². The number of anilines is 1. The van der Waals surface area contributed by atoms with Gasteiger partial charge in [0.05, 0.1) is 11.3 Å². The number of nitrogens with one attached hydrogen (secondary N) is 1. The molecule has 1 fully saturated rings. The molecule has 1 aromatic rings. The Morgan fingerprint density at radius 1 is 1.37 bits per heavy atom. The fourth-order valence-corrected chi connectivity index (χ4v) is 2.48. The Bertz CT molecular complexity index is 516. The molecule has 3 N–H and O–H groups in total. The second-order valence-electron chi connectivity index (χ2n) is 4.90. The van der Waals surface area contributed by atoms with Gasteiger partial charge in [0.2, 0.25) is 5.91 Å². The van der Waals surface area contributed by atoms with E-state index in [1.165, 1.54) is 12.1 Å². The van der Waals surface area contributed by atoms with Crippen LogP contribution in [0, 0.1) is 23.1 Å². The summed E-state index contributed by atoms with van der Waals surface area (Å²) in [7, 11) is 0. The first-order chi connectivity index (χ1) is 9.10. The van der Waals surface area contributed by atoms with Crippen LogP contribution in [0.2, 0.25) is 0 Å². The molecule has 19 heavy (non-hydrogen) atoms. The molecule has 0 aromatic heterocycles. The molecule has 5 heteroatoms. The average Bonchev–Trinajstić information content (AvgIpc) is 2.41. The third-order valence-electron chi connectivity index (χ3n) is 3.59. The third-order valence-corrected chi connectivity index (χ3v) is 3.59. The summed E-state index contributed by atoms with van der Waals surface area (Å²) >= 11 is 0. The Morgan fingerprint density at radius 2 is 2.05 bits per heavy atom. The van der Waals surface area contributed by atoms with Gasteiger partial charge in [-0.1, -0.05) is 0 Å². The standard InChI is InChI=1S/C14H16FN3O/c15-11-3-6-13(10(7-11)8-16)18-12-4-1-9(2-5-12)14(17)19/h3,6-7,9,12,18H,1-2,4-5H2,(H2,17,19). The molecule has 1 aliphatic carbocycles. The maximum atomic E-state index is 13.0. The number of amides is 1. The van der Waals surface area contributed by atoms with Gasteiger partial charge in [-0.25, -0.2) is 4.39 Å². The predicted octanol–water partition coefficient (Wildman–Crippen LogP) is 2.15. The highest BCUT2D eigenvalue weighted by molar-refractivity contribution is 5.76. The van der Waals surface area contributed by atoms with Crippen molar-refractivity contribution in [3.05, 3.63) is 29.6 Å². The third kappa shape index (κ3) is 3.22. The quantitative estimate of drug-likeness (QED) is 0.875. The molecular formula is C14H16FN3O. The number of nitrogens with zero attached hydrogens (tertiary/aromatic N) is 1. The van der Waals surface area contributed by atoms with E-state index in [9.17, 15) is 9.18 Å². The van der Waals surface area contributed by atoms with E-state index in [0.29, 0.717) is 11.3 Å². The van der Waals surface area contributed by atoms with Gasteiger partial charge in [0, 0.05) is 12.0 Å².